The van der Waals surface area contributed by atoms with E-state index in [0.717, 1.165) is 28.8 Å². The van der Waals surface area contributed by atoms with Crippen molar-refractivity contribution < 1.29 is 4.74 Å². The van der Waals surface area contributed by atoms with Gasteiger partial charge in [0.2, 0.25) is 0 Å². The molecule has 138 valence electrons. The molecule has 1 aromatic carbocycles. The van der Waals surface area contributed by atoms with Crippen molar-refractivity contribution >= 4 is 17.3 Å². The average Bonchev–Trinajstić information content (AvgIpc) is 3.13. The van der Waals surface area contributed by atoms with E-state index in [1.165, 1.54) is 0 Å². The molecular weight excluding hydrogens is 346 g/mol. The first-order valence-corrected chi connectivity index (χ1v) is 9.40. The van der Waals surface area contributed by atoms with Crippen LogP contribution < -0.4 is 5.32 Å². The van der Waals surface area contributed by atoms with E-state index >= 15 is 0 Å². The highest BCUT2D eigenvalue weighted by Gasteiger charge is 2.12. The quantitative estimate of drug-likeness (QED) is 0.597. The maximum absolute atomic E-state index is 9.01. The van der Waals surface area contributed by atoms with Crippen molar-refractivity contribution in [1.29, 1.82) is 5.26 Å². The largest absolute Gasteiger partial charge is 0.375 e. The fourth-order valence-corrected chi connectivity index (χ4v) is 3.22. The van der Waals surface area contributed by atoms with E-state index in [2.05, 4.69) is 26.7 Å². The Bertz CT molecular complexity index is 780. The third-order valence-electron chi connectivity index (χ3n) is 3.83. The number of rotatable bonds is 7. The summed E-state index contributed by atoms with van der Waals surface area (Å²) in [4.78, 5) is 11.4. The van der Waals surface area contributed by atoms with Gasteiger partial charge in [-0.2, -0.15) is 5.26 Å². The van der Waals surface area contributed by atoms with Crippen molar-refractivity contribution in [3.8, 4) is 6.07 Å². The number of thiazole rings is 1. The van der Waals surface area contributed by atoms with Gasteiger partial charge in [0.15, 0.2) is 5.96 Å². The monoisotopic (exact) mass is 371 g/mol. The number of guanidine groups is 1. The molecule has 0 fully saturated rings. The van der Waals surface area contributed by atoms with Crippen LogP contribution >= 0.6 is 11.3 Å². The fourth-order valence-electron chi connectivity index (χ4n) is 2.38. The third kappa shape index (κ3) is 5.55. The van der Waals surface area contributed by atoms with Crippen molar-refractivity contribution in [3.63, 3.8) is 0 Å². The summed E-state index contributed by atoms with van der Waals surface area (Å²) in [5.74, 6) is 0.809. The number of methoxy groups -OCH3 is 1. The van der Waals surface area contributed by atoms with Gasteiger partial charge in [-0.15, -0.1) is 11.3 Å². The molecular formula is C19H25N5OS. The second-order valence-corrected chi connectivity index (χ2v) is 6.78. The summed E-state index contributed by atoms with van der Waals surface area (Å²) in [6, 6.07) is 9.69. The van der Waals surface area contributed by atoms with Gasteiger partial charge in [-0.25, -0.2) is 9.98 Å². The Kier molecular flexibility index (Phi) is 7.57. The summed E-state index contributed by atoms with van der Waals surface area (Å²) in [6.07, 6.45) is 0.00775. The SMILES string of the molecule is CCNC(=NCc1cccc(C#N)c1)N(C)Cc1csc(C(C)OC)n1. The van der Waals surface area contributed by atoms with Crippen molar-refractivity contribution in [2.24, 2.45) is 4.99 Å². The summed E-state index contributed by atoms with van der Waals surface area (Å²) in [5.41, 5.74) is 2.66. The molecule has 2 rings (SSSR count). The molecule has 26 heavy (non-hydrogen) atoms. The minimum Gasteiger partial charge on any atom is -0.375 e. The van der Waals surface area contributed by atoms with E-state index in [-0.39, 0.29) is 6.10 Å². The van der Waals surface area contributed by atoms with Crippen molar-refractivity contribution in [2.45, 2.75) is 33.0 Å². The Balaban J connectivity index is 2.07. The minimum absolute atomic E-state index is 0.00775. The zero-order valence-electron chi connectivity index (χ0n) is 15.7. The van der Waals surface area contributed by atoms with E-state index in [9.17, 15) is 0 Å². The topological polar surface area (TPSA) is 73.5 Å². The number of hydrogen-bond donors (Lipinski definition) is 1. The molecule has 0 bridgehead atoms. The van der Waals surface area contributed by atoms with Crippen LogP contribution in [0.4, 0.5) is 0 Å². The Morgan fingerprint density at radius 1 is 1.50 bits per heavy atom. The van der Waals surface area contributed by atoms with Crippen molar-refractivity contribution in [2.75, 3.05) is 20.7 Å². The molecule has 1 atom stereocenters. The van der Waals surface area contributed by atoms with Crippen molar-refractivity contribution in [3.05, 3.63) is 51.5 Å². The highest BCUT2D eigenvalue weighted by atomic mass is 32.1. The number of nitrogens with one attached hydrogen (secondary N) is 1. The number of benzene rings is 1. The molecule has 1 unspecified atom stereocenters. The van der Waals surface area contributed by atoms with Crippen LogP contribution in [-0.2, 0) is 17.8 Å². The van der Waals surface area contributed by atoms with Gasteiger partial charge in [0.1, 0.15) is 11.1 Å². The third-order valence-corrected chi connectivity index (χ3v) is 4.89. The lowest BCUT2D eigenvalue weighted by atomic mass is 10.1. The molecule has 7 heteroatoms. The molecule has 0 saturated heterocycles. The molecule has 0 saturated carbocycles. The van der Waals surface area contributed by atoms with Crippen LogP contribution in [0.1, 0.15) is 41.8 Å². The van der Waals surface area contributed by atoms with E-state index < -0.39 is 0 Å². The van der Waals surface area contributed by atoms with E-state index in [4.69, 9.17) is 10.00 Å². The van der Waals surface area contributed by atoms with Crippen LogP contribution in [0.15, 0.2) is 34.6 Å². The second kappa shape index (κ2) is 9.90. The molecule has 1 aromatic heterocycles. The molecule has 2 aromatic rings. The van der Waals surface area contributed by atoms with Gasteiger partial charge in [0, 0.05) is 26.1 Å². The van der Waals surface area contributed by atoms with Crippen molar-refractivity contribution in [1.82, 2.24) is 15.2 Å². The predicted molar refractivity (Wildman–Crippen MR) is 105 cm³/mol. The molecule has 0 radical (unpaired) electrons. The molecule has 1 heterocycles. The fraction of sp³-hybridized carbons (Fsp3) is 0.421. The Hall–Kier alpha value is -2.43. The maximum Gasteiger partial charge on any atom is 0.194 e. The summed E-state index contributed by atoms with van der Waals surface area (Å²) in [5, 5.41) is 15.4. The van der Waals surface area contributed by atoms with Crippen LogP contribution in [0.2, 0.25) is 0 Å². The first-order chi connectivity index (χ1) is 12.6. The van der Waals surface area contributed by atoms with Crippen LogP contribution in [0.3, 0.4) is 0 Å². The van der Waals surface area contributed by atoms with Gasteiger partial charge in [-0.1, -0.05) is 12.1 Å². The van der Waals surface area contributed by atoms with Gasteiger partial charge < -0.3 is 15.0 Å². The number of ether oxygens (including phenoxy) is 1. The molecule has 0 aliphatic rings. The predicted octanol–water partition coefficient (Wildman–Crippen LogP) is 3.32. The molecule has 0 spiro atoms. The Morgan fingerprint density at radius 3 is 3.00 bits per heavy atom. The minimum atomic E-state index is 0.00775. The van der Waals surface area contributed by atoms with E-state index in [0.29, 0.717) is 18.7 Å². The van der Waals surface area contributed by atoms with Gasteiger partial charge >= 0.3 is 0 Å². The van der Waals surface area contributed by atoms with Gasteiger partial charge in [0.25, 0.3) is 0 Å². The summed E-state index contributed by atoms with van der Waals surface area (Å²) < 4.78 is 5.32. The standard InChI is InChI=1S/C19H25N5OS/c1-5-21-19(22-11-16-8-6-7-15(9-16)10-20)24(3)12-17-13-26-18(23-17)14(2)25-4/h6-9,13-14H,5,11-12H2,1-4H3,(H,21,22). The summed E-state index contributed by atoms with van der Waals surface area (Å²) in [6.45, 7) is 6.00. The van der Waals surface area contributed by atoms with Gasteiger partial charge in [-0.05, 0) is 31.5 Å². The number of nitriles is 1. The smallest absolute Gasteiger partial charge is 0.194 e. The van der Waals surface area contributed by atoms with Crippen LogP contribution in [-0.4, -0.2) is 36.5 Å². The Morgan fingerprint density at radius 2 is 2.31 bits per heavy atom. The lowest BCUT2D eigenvalue weighted by Crippen LogP contribution is -2.38. The Labute approximate surface area is 159 Å². The maximum atomic E-state index is 9.01. The normalized spacial score (nSPS) is 12.5. The molecule has 0 aliphatic heterocycles. The lowest BCUT2D eigenvalue weighted by molar-refractivity contribution is 0.119. The summed E-state index contributed by atoms with van der Waals surface area (Å²) in [7, 11) is 3.68. The molecule has 1 N–H and O–H groups in total. The zero-order valence-corrected chi connectivity index (χ0v) is 16.5. The van der Waals surface area contributed by atoms with Crippen LogP contribution in [0.5, 0.6) is 0 Å². The van der Waals surface area contributed by atoms with Crippen LogP contribution in [0.25, 0.3) is 0 Å². The van der Waals surface area contributed by atoms with Gasteiger partial charge in [-0.3, -0.25) is 0 Å². The molecule has 0 amide bonds. The number of nitrogens with zero attached hydrogens (tertiary/aromatic N) is 4. The first kappa shape index (κ1) is 19.9. The average molecular weight is 372 g/mol. The van der Waals surface area contributed by atoms with Crippen LogP contribution in [0, 0.1) is 11.3 Å². The highest BCUT2D eigenvalue weighted by Crippen LogP contribution is 2.21. The van der Waals surface area contributed by atoms with Gasteiger partial charge in [0.05, 0.1) is 30.4 Å². The number of aromatic nitrogens is 1. The number of aliphatic imine (C=N–C) groups is 1. The zero-order chi connectivity index (χ0) is 18.9. The number of hydrogen-bond acceptors (Lipinski definition) is 5. The lowest BCUT2D eigenvalue weighted by Gasteiger charge is -2.21. The highest BCUT2D eigenvalue weighted by molar-refractivity contribution is 7.09. The van der Waals surface area contributed by atoms with E-state index in [1.54, 1.807) is 24.5 Å². The van der Waals surface area contributed by atoms with E-state index in [1.807, 2.05) is 44.0 Å². The molecule has 6 nitrogen and oxygen atoms in total. The summed E-state index contributed by atoms with van der Waals surface area (Å²) >= 11 is 1.61. The molecule has 0 aliphatic carbocycles. The second-order valence-electron chi connectivity index (χ2n) is 5.89. The first-order valence-electron chi connectivity index (χ1n) is 8.53.